The van der Waals surface area contributed by atoms with E-state index in [1.165, 1.54) is 53.4 Å². The van der Waals surface area contributed by atoms with Gasteiger partial charge in [0.25, 0.3) is 15.9 Å². The lowest BCUT2D eigenvalue weighted by Gasteiger charge is -2.31. The molecule has 2 amide bonds. The molecule has 5 aromatic carbocycles. The summed E-state index contributed by atoms with van der Waals surface area (Å²) in [5, 5.41) is 2.96. The van der Waals surface area contributed by atoms with Crippen LogP contribution < -0.4 is 19.5 Å². The Morgan fingerprint density at radius 3 is 1.94 bits per heavy atom. The van der Waals surface area contributed by atoms with Crippen molar-refractivity contribution in [1.82, 2.24) is 10.2 Å². The van der Waals surface area contributed by atoms with Crippen LogP contribution in [0.4, 0.5) is 14.5 Å². The summed E-state index contributed by atoms with van der Waals surface area (Å²) in [5.74, 6) is -0.962. The number of methoxy groups -OCH3 is 1. The molecule has 50 heavy (non-hydrogen) atoms. The number of amides is 2. The van der Waals surface area contributed by atoms with Crippen LogP contribution in [0.3, 0.4) is 0 Å². The zero-order valence-electron chi connectivity index (χ0n) is 27.1. The van der Waals surface area contributed by atoms with Crippen LogP contribution in [0.2, 0.25) is 0 Å². The second kappa shape index (κ2) is 16.6. The first-order valence-corrected chi connectivity index (χ1v) is 17.1. The highest BCUT2D eigenvalue weighted by Crippen LogP contribution is 2.25. The predicted molar refractivity (Wildman–Crippen MR) is 185 cm³/mol. The van der Waals surface area contributed by atoms with Gasteiger partial charge < -0.3 is 19.7 Å². The number of hydrogen-bond donors (Lipinski definition) is 2. The third kappa shape index (κ3) is 9.66. The molecule has 5 rings (SSSR count). The minimum Gasteiger partial charge on any atom is -0.497 e. The zero-order chi connectivity index (χ0) is 35.5. The second-order valence-electron chi connectivity index (χ2n) is 11.2. The molecule has 0 aliphatic rings. The molecular weight excluding hydrogens is 664 g/mol. The number of nitrogens with one attached hydrogen (secondary N) is 2. The summed E-state index contributed by atoms with van der Waals surface area (Å²) in [6.45, 7) is -0.210. The Balaban J connectivity index is 1.33. The minimum atomic E-state index is -3.99. The average molecular weight is 700 g/mol. The lowest BCUT2D eigenvalue weighted by molar-refractivity contribution is -0.143. The van der Waals surface area contributed by atoms with E-state index in [9.17, 15) is 26.8 Å². The van der Waals surface area contributed by atoms with Gasteiger partial charge in [-0.05, 0) is 95.9 Å². The van der Waals surface area contributed by atoms with Crippen LogP contribution in [0, 0.1) is 11.6 Å². The first-order valence-electron chi connectivity index (χ1n) is 15.6. The maximum Gasteiger partial charge on any atom is 0.261 e. The third-order valence-electron chi connectivity index (χ3n) is 7.73. The molecule has 0 saturated heterocycles. The fourth-order valence-electron chi connectivity index (χ4n) is 5.11. The molecule has 5 aromatic rings. The molecular formula is C38H35F2N3O6S. The maximum atomic E-state index is 13.9. The third-order valence-corrected chi connectivity index (χ3v) is 9.12. The standard InChI is InChI=1S/C38H35F2N3O6S/c1-48-33-17-9-27(10-18-33)23-24-41-38(45)37(29-5-3-2-4-6-29)43(25-28-7-11-30(39)12-8-28)36(44)26-49-34-19-21-35(22-20-34)50(46,47)42-32-15-13-31(40)14-16-32/h2-22,37,42H,23-26H2,1H3,(H,41,45)/t37-/m0/s1. The van der Waals surface area contributed by atoms with Crippen molar-refractivity contribution in [2.24, 2.45) is 0 Å². The SMILES string of the molecule is COc1ccc(CCNC(=O)[C@H](c2ccccc2)N(Cc2ccc(F)cc2)C(=O)COc2ccc(S(=O)(=O)Nc3ccc(F)cc3)cc2)cc1. The number of nitrogens with zero attached hydrogens (tertiary/aromatic N) is 1. The number of hydrogen-bond acceptors (Lipinski definition) is 6. The van der Waals surface area contributed by atoms with Crippen LogP contribution in [0.5, 0.6) is 11.5 Å². The van der Waals surface area contributed by atoms with Crippen LogP contribution in [-0.4, -0.2) is 45.4 Å². The molecule has 0 radical (unpaired) electrons. The molecule has 0 fully saturated rings. The first-order chi connectivity index (χ1) is 24.1. The van der Waals surface area contributed by atoms with Crippen LogP contribution in [-0.2, 0) is 32.6 Å². The summed E-state index contributed by atoms with van der Waals surface area (Å²) in [6.07, 6.45) is 0.539. The minimum absolute atomic E-state index is 0.0276. The molecule has 2 N–H and O–H groups in total. The van der Waals surface area contributed by atoms with E-state index in [4.69, 9.17) is 9.47 Å². The zero-order valence-corrected chi connectivity index (χ0v) is 27.9. The Hall–Kier alpha value is -5.75. The fraction of sp³-hybridized carbons (Fsp3) is 0.158. The van der Waals surface area contributed by atoms with Gasteiger partial charge in [0.1, 0.15) is 29.2 Å². The Kier molecular flexibility index (Phi) is 11.8. The Bertz CT molecular complexity index is 1980. The predicted octanol–water partition coefficient (Wildman–Crippen LogP) is 6.28. The van der Waals surface area contributed by atoms with Crippen LogP contribution >= 0.6 is 0 Å². The van der Waals surface area contributed by atoms with Gasteiger partial charge in [-0.1, -0.05) is 54.6 Å². The van der Waals surface area contributed by atoms with Gasteiger partial charge in [0, 0.05) is 18.8 Å². The molecule has 0 unspecified atom stereocenters. The van der Waals surface area contributed by atoms with Crippen LogP contribution in [0.1, 0.15) is 22.7 Å². The smallest absolute Gasteiger partial charge is 0.261 e. The topological polar surface area (TPSA) is 114 Å². The average Bonchev–Trinajstić information content (AvgIpc) is 3.13. The first kappa shape index (κ1) is 35.6. The van der Waals surface area contributed by atoms with E-state index in [0.717, 1.165) is 23.4 Å². The van der Waals surface area contributed by atoms with Crippen molar-refractivity contribution in [3.8, 4) is 11.5 Å². The lowest BCUT2D eigenvalue weighted by atomic mass is 10.0. The van der Waals surface area contributed by atoms with E-state index in [0.29, 0.717) is 24.1 Å². The molecule has 0 heterocycles. The highest BCUT2D eigenvalue weighted by atomic mass is 32.2. The van der Waals surface area contributed by atoms with Crippen molar-refractivity contribution in [2.75, 3.05) is 25.0 Å². The van der Waals surface area contributed by atoms with Crippen LogP contribution in [0.25, 0.3) is 0 Å². The van der Waals surface area contributed by atoms with Gasteiger partial charge >= 0.3 is 0 Å². The number of carbonyl (C=O) groups excluding carboxylic acids is 2. The Morgan fingerprint density at radius 1 is 0.740 bits per heavy atom. The van der Waals surface area contributed by atoms with E-state index in [2.05, 4.69) is 10.0 Å². The fourth-order valence-corrected chi connectivity index (χ4v) is 6.17. The summed E-state index contributed by atoms with van der Waals surface area (Å²) < 4.78 is 66.0. The monoisotopic (exact) mass is 699 g/mol. The van der Waals surface area contributed by atoms with Crippen molar-refractivity contribution < 1.29 is 36.3 Å². The Morgan fingerprint density at radius 2 is 1.32 bits per heavy atom. The van der Waals surface area contributed by atoms with Crippen molar-refractivity contribution in [3.63, 3.8) is 0 Å². The molecule has 0 bridgehead atoms. The van der Waals surface area contributed by atoms with E-state index in [1.807, 2.05) is 24.3 Å². The molecule has 1 atom stereocenters. The number of benzene rings is 5. The number of carbonyl (C=O) groups is 2. The number of anilines is 1. The second-order valence-corrected chi connectivity index (χ2v) is 12.9. The van der Waals surface area contributed by atoms with Gasteiger partial charge in [-0.3, -0.25) is 14.3 Å². The highest BCUT2D eigenvalue weighted by Gasteiger charge is 2.32. The molecule has 0 aliphatic carbocycles. The van der Waals surface area contributed by atoms with Gasteiger partial charge in [-0.15, -0.1) is 0 Å². The number of sulfonamides is 1. The summed E-state index contributed by atoms with van der Waals surface area (Å²) in [5.41, 5.74) is 2.33. The van der Waals surface area contributed by atoms with Crippen molar-refractivity contribution in [1.29, 1.82) is 0 Å². The van der Waals surface area contributed by atoms with E-state index >= 15 is 0 Å². The molecule has 0 saturated carbocycles. The van der Waals surface area contributed by atoms with Crippen molar-refractivity contribution in [2.45, 2.75) is 23.9 Å². The molecule has 0 spiro atoms. The highest BCUT2D eigenvalue weighted by molar-refractivity contribution is 7.92. The molecule has 12 heteroatoms. The van der Waals surface area contributed by atoms with Gasteiger partial charge in [-0.2, -0.15) is 0 Å². The largest absolute Gasteiger partial charge is 0.497 e. The van der Waals surface area contributed by atoms with E-state index < -0.39 is 46.1 Å². The summed E-state index contributed by atoms with van der Waals surface area (Å²) in [6, 6.07) is 31.2. The summed E-state index contributed by atoms with van der Waals surface area (Å²) in [7, 11) is -2.40. The number of halogens is 2. The molecule has 0 aliphatic heterocycles. The van der Waals surface area contributed by atoms with Gasteiger partial charge in [0.2, 0.25) is 5.91 Å². The Labute approximate surface area is 289 Å². The number of ether oxygens (including phenoxy) is 2. The lowest BCUT2D eigenvalue weighted by Crippen LogP contribution is -2.45. The number of rotatable bonds is 15. The molecule has 0 aromatic heterocycles. The summed E-state index contributed by atoms with van der Waals surface area (Å²) >= 11 is 0. The normalized spacial score (nSPS) is 11.7. The van der Waals surface area contributed by atoms with E-state index in [1.54, 1.807) is 49.6 Å². The van der Waals surface area contributed by atoms with E-state index in [-0.39, 0.29) is 22.9 Å². The van der Waals surface area contributed by atoms with Crippen LogP contribution in [0.15, 0.2) is 132 Å². The van der Waals surface area contributed by atoms with Gasteiger partial charge in [-0.25, -0.2) is 17.2 Å². The van der Waals surface area contributed by atoms with Gasteiger partial charge in [0.05, 0.1) is 12.0 Å². The quantitative estimate of drug-likeness (QED) is 0.133. The molecule has 9 nitrogen and oxygen atoms in total. The summed E-state index contributed by atoms with van der Waals surface area (Å²) in [4.78, 5) is 29.1. The maximum absolute atomic E-state index is 13.9. The van der Waals surface area contributed by atoms with Crippen molar-refractivity contribution >= 4 is 27.5 Å². The van der Waals surface area contributed by atoms with Crippen molar-refractivity contribution in [3.05, 3.63) is 156 Å². The van der Waals surface area contributed by atoms with Gasteiger partial charge in [0.15, 0.2) is 6.61 Å². The molecule has 258 valence electrons.